The highest BCUT2D eigenvalue weighted by Crippen LogP contribution is 2.33. The summed E-state index contributed by atoms with van der Waals surface area (Å²) in [6.07, 6.45) is 2.56. The van der Waals surface area contributed by atoms with E-state index in [0.717, 1.165) is 6.92 Å². The van der Waals surface area contributed by atoms with Crippen molar-refractivity contribution in [1.82, 2.24) is 7.42 Å². The topological polar surface area (TPSA) is 143 Å². The molecule has 0 aliphatic rings. The molecule has 0 aliphatic carbocycles. The lowest BCUT2D eigenvalue weighted by Crippen LogP contribution is -2.51. The van der Waals surface area contributed by atoms with Crippen LogP contribution >= 0.6 is 0 Å². The summed E-state index contributed by atoms with van der Waals surface area (Å²) in [4.78, 5) is 0. The van der Waals surface area contributed by atoms with E-state index in [-0.39, 0.29) is 13.0 Å². The van der Waals surface area contributed by atoms with Crippen LogP contribution in [0.5, 0.6) is 0 Å². The van der Waals surface area contributed by atoms with Gasteiger partial charge in [0, 0.05) is 0 Å². The van der Waals surface area contributed by atoms with Crippen molar-refractivity contribution in [1.29, 1.82) is 0 Å². The lowest BCUT2D eigenvalue weighted by atomic mass is 10.0. The highest BCUT2D eigenvalue weighted by atomic mass is 32.3. The third-order valence-electron chi connectivity index (χ3n) is 3.47. The summed E-state index contributed by atoms with van der Waals surface area (Å²) in [6.45, 7) is 1.13. The summed E-state index contributed by atoms with van der Waals surface area (Å²) in [7, 11) is -17.6. The van der Waals surface area contributed by atoms with Crippen LogP contribution in [-0.2, 0) is 40.1 Å². The Morgan fingerprint density at radius 2 is 0.963 bits per heavy atom. The van der Waals surface area contributed by atoms with Crippen molar-refractivity contribution in [2.75, 3.05) is 25.0 Å². The Bertz CT molecular complexity index is 1030. The van der Waals surface area contributed by atoms with Gasteiger partial charge in [0.25, 0.3) is 0 Å². The molecule has 1 aromatic rings. The van der Waals surface area contributed by atoms with Crippen molar-refractivity contribution in [2.24, 2.45) is 0 Å². The molecule has 0 N–H and O–H groups in total. The van der Waals surface area contributed by atoms with Gasteiger partial charge in [0.05, 0.1) is 37.1 Å². The number of sulfonamides is 4. The summed E-state index contributed by atoms with van der Waals surface area (Å²) >= 11 is 0. The summed E-state index contributed by atoms with van der Waals surface area (Å²) < 4.78 is 97.7. The average Bonchev–Trinajstić information content (AvgIpc) is 2.39. The van der Waals surface area contributed by atoms with E-state index in [1.54, 1.807) is 6.07 Å². The van der Waals surface area contributed by atoms with Gasteiger partial charge in [-0.05, 0) is 12.5 Å². The number of rotatable bonds is 8. The second kappa shape index (κ2) is 7.75. The highest BCUT2D eigenvalue weighted by molar-refractivity contribution is 8.04. The van der Waals surface area contributed by atoms with E-state index in [4.69, 9.17) is 0 Å². The molecule has 0 amide bonds. The molecule has 1 rings (SSSR count). The molecule has 1 aromatic carbocycles. The molecular formula is C13H22N2O8S4. The first-order chi connectivity index (χ1) is 11.9. The fourth-order valence-corrected chi connectivity index (χ4v) is 9.65. The first kappa shape index (κ1) is 24.0. The van der Waals surface area contributed by atoms with E-state index in [9.17, 15) is 33.7 Å². The summed E-state index contributed by atoms with van der Waals surface area (Å²) in [5.41, 5.74) is 0.109. The Labute approximate surface area is 161 Å². The van der Waals surface area contributed by atoms with E-state index < -0.39 is 52.2 Å². The van der Waals surface area contributed by atoms with Crippen molar-refractivity contribution in [3.63, 3.8) is 0 Å². The third kappa shape index (κ3) is 5.96. The Balaban J connectivity index is 3.90. The minimum Gasteiger partial charge on any atom is -0.212 e. The predicted octanol–water partition coefficient (Wildman–Crippen LogP) is -0.441. The van der Waals surface area contributed by atoms with Gasteiger partial charge in [-0.1, -0.05) is 37.8 Å². The fourth-order valence-electron chi connectivity index (χ4n) is 2.85. The smallest absolute Gasteiger partial charge is 0.212 e. The Morgan fingerprint density at radius 3 is 1.26 bits per heavy atom. The highest BCUT2D eigenvalue weighted by Gasteiger charge is 2.45. The molecule has 0 radical (unpaired) electrons. The molecule has 0 saturated heterocycles. The molecule has 0 aromatic heterocycles. The van der Waals surface area contributed by atoms with Crippen molar-refractivity contribution < 1.29 is 33.7 Å². The van der Waals surface area contributed by atoms with E-state index in [0.29, 0.717) is 25.0 Å². The lowest BCUT2D eigenvalue weighted by Gasteiger charge is -2.36. The zero-order valence-corrected chi connectivity index (χ0v) is 18.6. The van der Waals surface area contributed by atoms with Gasteiger partial charge in [-0.15, -0.1) is 0 Å². The monoisotopic (exact) mass is 462 g/mol. The molecular weight excluding hydrogens is 440 g/mol. The van der Waals surface area contributed by atoms with Gasteiger partial charge in [0.2, 0.25) is 40.1 Å². The summed E-state index contributed by atoms with van der Waals surface area (Å²) in [5.74, 6) is 0. The van der Waals surface area contributed by atoms with E-state index in [1.807, 2.05) is 0 Å². The van der Waals surface area contributed by atoms with Crippen LogP contribution in [0.15, 0.2) is 30.3 Å². The molecule has 14 heteroatoms. The van der Waals surface area contributed by atoms with Crippen molar-refractivity contribution in [2.45, 2.75) is 19.0 Å². The van der Waals surface area contributed by atoms with Crippen molar-refractivity contribution in [3.05, 3.63) is 35.9 Å². The molecule has 0 heterocycles. The number of benzene rings is 1. The van der Waals surface area contributed by atoms with Gasteiger partial charge < -0.3 is 0 Å². The fraction of sp³-hybridized carbons (Fsp3) is 0.538. The predicted molar refractivity (Wildman–Crippen MR) is 102 cm³/mol. The molecule has 0 aliphatic heterocycles. The standard InChI is InChI=1S/C13H22N2O8S4/c1-11(14(24(2,16)17)25(3,18)19)13(12-9-7-6-8-10-12)15(26(4,20)21)27(5,22)23/h6-11,13H,1-5H3/t11-,13-/m1/s1. The first-order valence-corrected chi connectivity index (χ1v) is 14.7. The minimum absolute atomic E-state index is 0.109. The van der Waals surface area contributed by atoms with E-state index in [1.165, 1.54) is 24.3 Å². The normalized spacial score (nSPS) is 16.4. The third-order valence-corrected chi connectivity index (χ3v) is 10.4. The molecule has 0 spiro atoms. The first-order valence-electron chi connectivity index (χ1n) is 7.32. The molecule has 0 saturated carbocycles. The van der Waals surface area contributed by atoms with Gasteiger partial charge >= 0.3 is 0 Å². The van der Waals surface area contributed by atoms with Crippen LogP contribution in [0.1, 0.15) is 18.5 Å². The summed E-state index contributed by atoms with van der Waals surface area (Å²) in [5, 5.41) is 0. The van der Waals surface area contributed by atoms with Crippen LogP contribution < -0.4 is 0 Å². The molecule has 0 fully saturated rings. The van der Waals surface area contributed by atoms with Gasteiger partial charge in [-0.2, -0.15) is 0 Å². The molecule has 10 nitrogen and oxygen atoms in total. The van der Waals surface area contributed by atoms with Crippen LogP contribution in [0.3, 0.4) is 0 Å². The molecule has 2 atom stereocenters. The maximum absolute atomic E-state index is 12.2. The minimum atomic E-state index is -4.41. The van der Waals surface area contributed by atoms with Crippen LogP contribution in [0, 0.1) is 0 Å². The quantitative estimate of drug-likeness (QED) is 0.506. The number of nitrogens with zero attached hydrogens (tertiary/aromatic N) is 2. The molecule has 0 unspecified atom stereocenters. The van der Waals surface area contributed by atoms with Crippen molar-refractivity contribution in [3.8, 4) is 0 Å². The zero-order valence-electron chi connectivity index (χ0n) is 15.3. The lowest BCUT2D eigenvalue weighted by molar-refractivity contribution is 0.316. The maximum atomic E-state index is 12.2. The second-order valence-corrected chi connectivity index (χ2v) is 14.0. The van der Waals surface area contributed by atoms with E-state index in [2.05, 4.69) is 0 Å². The van der Waals surface area contributed by atoms with Crippen LogP contribution in [-0.4, -0.2) is 72.2 Å². The second-order valence-electron chi connectivity index (χ2n) is 6.10. The number of hydrogen-bond donors (Lipinski definition) is 0. The van der Waals surface area contributed by atoms with Gasteiger partial charge in [-0.25, -0.2) is 33.7 Å². The van der Waals surface area contributed by atoms with Crippen LogP contribution in [0.4, 0.5) is 0 Å². The Kier molecular flexibility index (Phi) is 6.88. The molecule has 27 heavy (non-hydrogen) atoms. The van der Waals surface area contributed by atoms with Crippen molar-refractivity contribution >= 4 is 40.1 Å². The maximum Gasteiger partial charge on any atom is 0.224 e. The van der Waals surface area contributed by atoms with Crippen LogP contribution in [0.25, 0.3) is 0 Å². The Morgan fingerprint density at radius 1 is 0.630 bits per heavy atom. The van der Waals surface area contributed by atoms with Gasteiger partial charge in [-0.3, -0.25) is 0 Å². The molecule has 156 valence electrons. The average molecular weight is 463 g/mol. The Hall–Kier alpha value is -1.06. The van der Waals surface area contributed by atoms with Gasteiger partial charge in [0.15, 0.2) is 0 Å². The SMILES string of the molecule is C[C@H]([C@H](c1ccccc1)N(S(C)(=O)=O)S(C)(=O)=O)N(S(C)(=O)=O)S(C)(=O)=O. The van der Waals surface area contributed by atoms with Gasteiger partial charge in [0.1, 0.15) is 0 Å². The largest absolute Gasteiger partial charge is 0.224 e. The number of hydrogen-bond acceptors (Lipinski definition) is 8. The van der Waals surface area contributed by atoms with E-state index >= 15 is 0 Å². The molecule has 0 bridgehead atoms. The summed E-state index contributed by atoms with van der Waals surface area (Å²) in [6, 6.07) is 4.11. The zero-order chi connectivity index (χ0) is 21.4. The van der Waals surface area contributed by atoms with Crippen LogP contribution in [0.2, 0.25) is 0 Å².